The third-order valence-corrected chi connectivity index (χ3v) is 3.96. The van der Waals surface area contributed by atoms with Crippen LogP contribution in [-0.4, -0.2) is 23.7 Å². The highest BCUT2D eigenvalue weighted by Crippen LogP contribution is 2.23. The highest BCUT2D eigenvalue weighted by molar-refractivity contribution is 5.76. The van der Waals surface area contributed by atoms with Crippen molar-refractivity contribution in [3.8, 4) is 0 Å². The van der Waals surface area contributed by atoms with E-state index in [9.17, 15) is 14.3 Å². The first-order chi connectivity index (χ1) is 9.65. The Kier molecular flexibility index (Phi) is 5.53. The Hall–Kier alpha value is -1.42. The van der Waals surface area contributed by atoms with Crippen LogP contribution in [0.3, 0.4) is 0 Å². The summed E-state index contributed by atoms with van der Waals surface area (Å²) in [6, 6.07) is 6.33. The van der Waals surface area contributed by atoms with Crippen LogP contribution in [0.1, 0.15) is 37.7 Å². The Bertz CT molecular complexity index is 450. The second-order valence-electron chi connectivity index (χ2n) is 5.55. The standard InChI is InChI=1S/C16H22FNO2/c17-14-6-3-4-12(10-14)8-9-16(20)18-11-13-5-1-2-7-15(13)19/h3-4,6,10,13,15,19H,1-2,5,7-9,11H2,(H,18,20)/t13-,15+/m0/s1. The molecule has 0 aliphatic heterocycles. The first-order valence-electron chi connectivity index (χ1n) is 7.34. The van der Waals surface area contributed by atoms with Crippen molar-refractivity contribution >= 4 is 5.91 Å². The molecule has 0 bridgehead atoms. The van der Waals surface area contributed by atoms with Gasteiger partial charge in [-0.1, -0.05) is 25.0 Å². The topological polar surface area (TPSA) is 49.3 Å². The lowest BCUT2D eigenvalue weighted by Crippen LogP contribution is -2.36. The van der Waals surface area contributed by atoms with Crippen molar-refractivity contribution in [2.75, 3.05) is 6.54 Å². The normalized spacial score (nSPS) is 22.5. The molecule has 1 aromatic rings. The van der Waals surface area contributed by atoms with Crippen LogP contribution in [0, 0.1) is 11.7 Å². The monoisotopic (exact) mass is 279 g/mol. The quantitative estimate of drug-likeness (QED) is 0.869. The van der Waals surface area contributed by atoms with Gasteiger partial charge in [0.1, 0.15) is 5.82 Å². The summed E-state index contributed by atoms with van der Waals surface area (Å²) in [5.41, 5.74) is 0.831. The van der Waals surface area contributed by atoms with Crippen LogP contribution in [0.5, 0.6) is 0 Å². The first kappa shape index (κ1) is 15.0. The molecule has 0 heterocycles. The van der Waals surface area contributed by atoms with Crippen LogP contribution in [0.25, 0.3) is 0 Å². The Morgan fingerprint density at radius 1 is 1.35 bits per heavy atom. The smallest absolute Gasteiger partial charge is 0.220 e. The number of aliphatic hydroxyl groups is 1. The minimum Gasteiger partial charge on any atom is -0.393 e. The number of rotatable bonds is 5. The van der Waals surface area contributed by atoms with Gasteiger partial charge in [-0.15, -0.1) is 0 Å². The van der Waals surface area contributed by atoms with Crippen molar-refractivity contribution in [2.45, 2.75) is 44.6 Å². The maximum atomic E-state index is 13.0. The lowest BCUT2D eigenvalue weighted by atomic mass is 9.86. The second-order valence-corrected chi connectivity index (χ2v) is 5.55. The average molecular weight is 279 g/mol. The van der Waals surface area contributed by atoms with Crippen LogP contribution in [0.4, 0.5) is 4.39 Å². The Morgan fingerprint density at radius 2 is 2.15 bits per heavy atom. The minimum atomic E-state index is -0.285. The molecular weight excluding hydrogens is 257 g/mol. The summed E-state index contributed by atoms with van der Waals surface area (Å²) in [5, 5.41) is 12.7. The van der Waals surface area contributed by atoms with Gasteiger partial charge in [0.15, 0.2) is 0 Å². The molecule has 0 aromatic heterocycles. The lowest BCUT2D eigenvalue weighted by Gasteiger charge is -2.27. The summed E-state index contributed by atoms with van der Waals surface area (Å²) in [6.07, 6.45) is 4.62. The third-order valence-electron chi connectivity index (χ3n) is 3.96. The largest absolute Gasteiger partial charge is 0.393 e. The van der Waals surface area contributed by atoms with Crippen molar-refractivity contribution in [3.05, 3.63) is 35.6 Å². The Labute approximate surface area is 119 Å². The summed E-state index contributed by atoms with van der Waals surface area (Å²) in [5.74, 6) is -0.123. The predicted octanol–water partition coefficient (Wildman–Crippen LogP) is 2.43. The molecule has 110 valence electrons. The van der Waals surface area contributed by atoms with Gasteiger partial charge in [0.05, 0.1) is 6.10 Å². The van der Waals surface area contributed by atoms with E-state index in [1.54, 1.807) is 6.07 Å². The highest BCUT2D eigenvalue weighted by atomic mass is 19.1. The van der Waals surface area contributed by atoms with E-state index in [0.29, 0.717) is 19.4 Å². The summed E-state index contributed by atoms with van der Waals surface area (Å²) < 4.78 is 13.0. The van der Waals surface area contributed by atoms with Gasteiger partial charge in [-0.2, -0.15) is 0 Å². The molecule has 1 saturated carbocycles. The summed E-state index contributed by atoms with van der Waals surface area (Å²) in [4.78, 5) is 11.8. The molecule has 2 rings (SSSR count). The zero-order valence-corrected chi connectivity index (χ0v) is 11.6. The second kappa shape index (κ2) is 7.39. The maximum Gasteiger partial charge on any atom is 0.220 e. The molecule has 2 atom stereocenters. The van der Waals surface area contributed by atoms with E-state index < -0.39 is 0 Å². The third kappa shape index (κ3) is 4.60. The van der Waals surface area contributed by atoms with Crippen molar-refractivity contribution in [2.24, 2.45) is 5.92 Å². The van der Waals surface area contributed by atoms with Crippen molar-refractivity contribution in [3.63, 3.8) is 0 Å². The van der Waals surface area contributed by atoms with E-state index in [-0.39, 0.29) is 23.7 Å². The van der Waals surface area contributed by atoms with Gasteiger partial charge in [-0.3, -0.25) is 4.79 Å². The molecule has 4 heteroatoms. The predicted molar refractivity (Wildman–Crippen MR) is 75.7 cm³/mol. The zero-order valence-electron chi connectivity index (χ0n) is 11.6. The average Bonchev–Trinajstić information content (AvgIpc) is 2.44. The molecule has 3 nitrogen and oxygen atoms in total. The van der Waals surface area contributed by atoms with E-state index in [4.69, 9.17) is 0 Å². The molecule has 1 aliphatic rings. The van der Waals surface area contributed by atoms with Gasteiger partial charge in [0.25, 0.3) is 0 Å². The maximum absolute atomic E-state index is 13.0. The van der Waals surface area contributed by atoms with Crippen molar-refractivity contribution in [1.29, 1.82) is 0 Å². The molecule has 0 unspecified atom stereocenters. The van der Waals surface area contributed by atoms with Gasteiger partial charge < -0.3 is 10.4 Å². The van der Waals surface area contributed by atoms with Gasteiger partial charge in [0.2, 0.25) is 5.91 Å². The molecule has 1 fully saturated rings. The number of carbonyl (C=O) groups is 1. The van der Waals surface area contributed by atoms with Crippen LogP contribution < -0.4 is 5.32 Å². The molecule has 0 saturated heterocycles. The van der Waals surface area contributed by atoms with E-state index >= 15 is 0 Å². The number of carbonyl (C=O) groups excluding carboxylic acids is 1. The summed E-state index contributed by atoms with van der Waals surface area (Å²) in [6.45, 7) is 0.545. The fourth-order valence-electron chi connectivity index (χ4n) is 2.71. The molecular formula is C16H22FNO2. The molecule has 2 N–H and O–H groups in total. The minimum absolute atomic E-state index is 0.0352. The van der Waals surface area contributed by atoms with E-state index in [1.165, 1.54) is 12.1 Å². The number of benzene rings is 1. The van der Waals surface area contributed by atoms with E-state index in [0.717, 1.165) is 31.2 Å². The molecule has 20 heavy (non-hydrogen) atoms. The van der Waals surface area contributed by atoms with Gasteiger partial charge in [0, 0.05) is 18.9 Å². The number of hydrogen-bond donors (Lipinski definition) is 2. The number of halogens is 1. The fraction of sp³-hybridized carbons (Fsp3) is 0.562. The molecule has 1 aromatic carbocycles. The highest BCUT2D eigenvalue weighted by Gasteiger charge is 2.23. The van der Waals surface area contributed by atoms with Gasteiger partial charge in [-0.05, 0) is 37.0 Å². The number of nitrogens with one attached hydrogen (secondary N) is 1. The van der Waals surface area contributed by atoms with E-state index in [1.807, 2.05) is 6.07 Å². The molecule has 1 amide bonds. The summed E-state index contributed by atoms with van der Waals surface area (Å²) >= 11 is 0. The number of amides is 1. The van der Waals surface area contributed by atoms with Crippen LogP contribution >= 0.6 is 0 Å². The van der Waals surface area contributed by atoms with Crippen LogP contribution in [-0.2, 0) is 11.2 Å². The van der Waals surface area contributed by atoms with Crippen LogP contribution in [0.2, 0.25) is 0 Å². The van der Waals surface area contributed by atoms with Crippen LogP contribution in [0.15, 0.2) is 24.3 Å². The SMILES string of the molecule is O=C(CCc1cccc(F)c1)NC[C@@H]1CCCC[C@H]1O. The molecule has 0 spiro atoms. The lowest BCUT2D eigenvalue weighted by molar-refractivity contribution is -0.121. The van der Waals surface area contributed by atoms with Gasteiger partial charge in [-0.25, -0.2) is 4.39 Å². The molecule has 0 radical (unpaired) electrons. The molecule has 1 aliphatic carbocycles. The summed E-state index contributed by atoms with van der Waals surface area (Å²) in [7, 11) is 0. The zero-order chi connectivity index (χ0) is 14.4. The first-order valence-corrected chi connectivity index (χ1v) is 7.34. The van der Waals surface area contributed by atoms with E-state index in [2.05, 4.69) is 5.32 Å². The van der Waals surface area contributed by atoms with Gasteiger partial charge >= 0.3 is 0 Å². The number of aryl methyl sites for hydroxylation is 1. The number of hydrogen-bond acceptors (Lipinski definition) is 2. The fourth-order valence-corrected chi connectivity index (χ4v) is 2.71. The van der Waals surface area contributed by atoms with Crippen molar-refractivity contribution in [1.82, 2.24) is 5.32 Å². The van der Waals surface area contributed by atoms with Crippen molar-refractivity contribution < 1.29 is 14.3 Å². The Morgan fingerprint density at radius 3 is 2.90 bits per heavy atom. The Balaban J connectivity index is 1.70. The number of aliphatic hydroxyl groups excluding tert-OH is 1.